The van der Waals surface area contributed by atoms with Crippen LogP contribution in [0.5, 0.6) is 0 Å². The number of hydrogen-bond donors (Lipinski definition) is 1. The lowest BCUT2D eigenvalue weighted by Gasteiger charge is -2.23. The summed E-state index contributed by atoms with van der Waals surface area (Å²) in [5.41, 5.74) is 1.61. The summed E-state index contributed by atoms with van der Waals surface area (Å²) in [6.45, 7) is 2.92. The van der Waals surface area contributed by atoms with Crippen LogP contribution >= 0.6 is 0 Å². The third kappa shape index (κ3) is 3.08. The van der Waals surface area contributed by atoms with Gasteiger partial charge < -0.3 is 10.1 Å². The third-order valence-electron chi connectivity index (χ3n) is 6.34. The van der Waals surface area contributed by atoms with Crippen LogP contribution in [-0.4, -0.2) is 41.2 Å². The number of esters is 1. The number of benzene rings is 1. The Balaban J connectivity index is 1.34. The zero-order chi connectivity index (χ0) is 20.0. The Labute approximate surface area is 163 Å². The zero-order valence-electron chi connectivity index (χ0n) is 16.0. The van der Waals surface area contributed by atoms with Crippen molar-refractivity contribution < 1.29 is 23.9 Å². The maximum Gasteiger partial charge on any atom is 0.329 e. The number of imide groups is 1. The third-order valence-corrected chi connectivity index (χ3v) is 6.34. The number of nitrogens with one attached hydrogen (secondary N) is 1. The summed E-state index contributed by atoms with van der Waals surface area (Å²) in [5, 5.41) is 2.65. The van der Waals surface area contributed by atoms with Crippen molar-refractivity contribution in [1.82, 2.24) is 4.90 Å². The van der Waals surface area contributed by atoms with Crippen LogP contribution in [0.15, 0.2) is 24.3 Å². The van der Waals surface area contributed by atoms with Gasteiger partial charge in [0.15, 0.2) is 6.61 Å². The molecule has 2 saturated carbocycles. The highest BCUT2D eigenvalue weighted by Crippen LogP contribution is 2.56. The highest BCUT2D eigenvalue weighted by molar-refractivity contribution is 6.08. The minimum absolute atomic E-state index is 0.254. The molecule has 0 radical (unpaired) electrons. The smallest absolute Gasteiger partial charge is 0.329 e. The van der Waals surface area contributed by atoms with Crippen LogP contribution in [0.2, 0.25) is 0 Å². The summed E-state index contributed by atoms with van der Waals surface area (Å²) in [5.74, 6) is -1.74. The van der Waals surface area contributed by atoms with Gasteiger partial charge in [-0.05, 0) is 62.6 Å². The number of carbonyl (C=O) groups excluding carboxylic acids is 4. The molecule has 1 aromatic carbocycles. The molecule has 28 heavy (non-hydrogen) atoms. The molecule has 2 aliphatic carbocycles. The minimum atomic E-state index is -1.02. The molecule has 2 bridgehead atoms. The molecule has 1 aromatic rings. The molecular formula is C21H24N2O5. The fourth-order valence-electron chi connectivity index (χ4n) is 5.10. The van der Waals surface area contributed by atoms with Crippen molar-refractivity contribution in [3.8, 4) is 0 Å². The number of aryl methyl sites for hydroxylation is 1. The van der Waals surface area contributed by atoms with Gasteiger partial charge in [-0.3, -0.25) is 19.3 Å². The van der Waals surface area contributed by atoms with E-state index < -0.39 is 24.5 Å². The quantitative estimate of drug-likeness (QED) is 0.618. The van der Waals surface area contributed by atoms with Crippen molar-refractivity contribution in [3.05, 3.63) is 29.8 Å². The standard InChI is InChI=1S/C21H24N2O5/c1-11-4-3-5-15(8-11)22-16(24)10-28-21(27)12(2)23-19(25)17-13-6-7-14(9-13)18(17)20(23)26/h3-5,8,12-14,17-18H,6-7,9-10H2,1-2H3,(H,22,24)/t12-,13-,14+,17-,18-/m0/s1. The molecule has 0 unspecified atom stereocenters. The average molecular weight is 384 g/mol. The van der Waals surface area contributed by atoms with Crippen LogP contribution in [0.25, 0.3) is 0 Å². The predicted octanol–water partition coefficient (Wildman–Crippen LogP) is 1.90. The molecule has 1 aliphatic heterocycles. The number of anilines is 1. The first-order valence-electron chi connectivity index (χ1n) is 9.77. The van der Waals surface area contributed by atoms with Crippen LogP contribution in [-0.2, 0) is 23.9 Å². The Kier molecular flexibility index (Phi) is 4.69. The lowest BCUT2D eigenvalue weighted by molar-refractivity contribution is -0.159. The molecule has 1 heterocycles. The first-order chi connectivity index (χ1) is 13.4. The first kappa shape index (κ1) is 18.7. The van der Waals surface area contributed by atoms with E-state index in [-0.39, 0.29) is 35.5 Å². The number of amides is 3. The number of likely N-dealkylation sites (tertiary alicyclic amines) is 1. The van der Waals surface area contributed by atoms with E-state index in [2.05, 4.69) is 5.32 Å². The summed E-state index contributed by atoms with van der Waals surface area (Å²) in [6, 6.07) is 6.24. The largest absolute Gasteiger partial charge is 0.454 e. The van der Waals surface area contributed by atoms with Crippen LogP contribution in [0.4, 0.5) is 5.69 Å². The number of hydrogen-bond acceptors (Lipinski definition) is 5. The van der Waals surface area contributed by atoms with E-state index in [1.54, 1.807) is 12.1 Å². The average Bonchev–Trinajstić information content (AvgIpc) is 3.33. The number of carbonyl (C=O) groups is 4. The molecular weight excluding hydrogens is 360 g/mol. The number of fused-ring (bicyclic) bond motifs is 5. The zero-order valence-corrected chi connectivity index (χ0v) is 16.0. The Bertz CT molecular complexity index is 823. The van der Waals surface area contributed by atoms with E-state index in [0.717, 1.165) is 29.7 Å². The molecule has 3 aliphatic rings. The molecule has 4 rings (SSSR count). The molecule has 7 nitrogen and oxygen atoms in total. The van der Waals surface area contributed by atoms with E-state index in [4.69, 9.17) is 4.74 Å². The second-order valence-corrected chi connectivity index (χ2v) is 8.13. The molecule has 0 aromatic heterocycles. The molecule has 7 heteroatoms. The minimum Gasteiger partial charge on any atom is -0.454 e. The summed E-state index contributed by atoms with van der Waals surface area (Å²) in [7, 11) is 0. The van der Waals surface area contributed by atoms with E-state index >= 15 is 0 Å². The maximum absolute atomic E-state index is 12.8. The summed E-state index contributed by atoms with van der Waals surface area (Å²) in [6.07, 6.45) is 2.91. The lowest BCUT2D eigenvalue weighted by atomic mass is 9.81. The first-order valence-corrected chi connectivity index (χ1v) is 9.77. The van der Waals surface area contributed by atoms with Gasteiger partial charge in [-0.15, -0.1) is 0 Å². The van der Waals surface area contributed by atoms with Crippen molar-refractivity contribution in [3.63, 3.8) is 0 Å². The monoisotopic (exact) mass is 384 g/mol. The van der Waals surface area contributed by atoms with E-state index in [1.807, 2.05) is 19.1 Å². The Morgan fingerprint density at radius 3 is 2.43 bits per heavy atom. The van der Waals surface area contributed by atoms with Crippen molar-refractivity contribution in [2.45, 2.75) is 39.2 Å². The van der Waals surface area contributed by atoms with Crippen molar-refractivity contribution in [2.24, 2.45) is 23.7 Å². The number of nitrogens with zero attached hydrogens (tertiary/aromatic N) is 1. The van der Waals surface area contributed by atoms with Crippen LogP contribution in [0.1, 0.15) is 31.7 Å². The van der Waals surface area contributed by atoms with Crippen molar-refractivity contribution in [1.29, 1.82) is 0 Å². The van der Waals surface area contributed by atoms with Crippen LogP contribution < -0.4 is 5.32 Å². The Hall–Kier alpha value is -2.70. The second kappa shape index (κ2) is 7.04. The van der Waals surface area contributed by atoms with Crippen LogP contribution in [0.3, 0.4) is 0 Å². The Morgan fingerprint density at radius 2 is 1.82 bits per heavy atom. The molecule has 1 N–H and O–H groups in total. The van der Waals surface area contributed by atoms with Gasteiger partial charge in [-0.2, -0.15) is 0 Å². The van der Waals surface area contributed by atoms with E-state index in [1.165, 1.54) is 6.92 Å². The van der Waals surface area contributed by atoms with Gasteiger partial charge in [-0.25, -0.2) is 4.79 Å². The van der Waals surface area contributed by atoms with Gasteiger partial charge >= 0.3 is 5.97 Å². The maximum atomic E-state index is 12.8. The summed E-state index contributed by atoms with van der Waals surface area (Å²) < 4.78 is 5.07. The van der Waals surface area contributed by atoms with Gasteiger partial charge in [0, 0.05) is 5.69 Å². The van der Waals surface area contributed by atoms with Crippen LogP contribution in [0, 0.1) is 30.6 Å². The van der Waals surface area contributed by atoms with Gasteiger partial charge in [0.25, 0.3) is 5.91 Å². The van der Waals surface area contributed by atoms with E-state index in [0.29, 0.717) is 5.69 Å². The number of rotatable bonds is 5. The normalized spacial score (nSPS) is 29.0. The van der Waals surface area contributed by atoms with E-state index in [9.17, 15) is 19.2 Å². The lowest BCUT2D eigenvalue weighted by Crippen LogP contribution is -2.45. The Morgan fingerprint density at radius 1 is 1.18 bits per heavy atom. The molecule has 3 amide bonds. The molecule has 3 fully saturated rings. The summed E-state index contributed by atoms with van der Waals surface area (Å²) in [4.78, 5) is 51.0. The van der Waals surface area contributed by atoms with Gasteiger partial charge in [0.1, 0.15) is 6.04 Å². The van der Waals surface area contributed by atoms with Gasteiger partial charge in [-0.1, -0.05) is 12.1 Å². The molecule has 0 spiro atoms. The number of ether oxygens (including phenoxy) is 1. The fourth-order valence-corrected chi connectivity index (χ4v) is 5.10. The second-order valence-electron chi connectivity index (χ2n) is 8.13. The topological polar surface area (TPSA) is 92.8 Å². The van der Waals surface area contributed by atoms with Gasteiger partial charge in [0.05, 0.1) is 11.8 Å². The predicted molar refractivity (Wildman–Crippen MR) is 99.9 cm³/mol. The van der Waals surface area contributed by atoms with Crippen molar-refractivity contribution >= 4 is 29.4 Å². The fraction of sp³-hybridized carbons (Fsp3) is 0.524. The van der Waals surface area contributed by atoms with Gasteiger partial charge in [0.2, 0.25) is 11.8 Å². The SMILES string of the molecule is Cc1cccc(NC(=O)COC(=O)[C@H](C)N2C(=O)[C@H]3[C@@H]4CC[C@@H](C4)[C@@H]3C2=O)c1. The summed E-state index contributed by atoms with van der Waals surface area (Å²) >= 11 is 0. The molecule has 148 valence electrons. The highest BCUT2D eigenvalue weighted by atomic mass is 16.5. The van der Waals surface area contributed by atoms with Crippen molar-refractivity contribution in [2.75, 3.05) is 11.9 Å². The highest BCUT2D eigenvalue weighted by Gasteiger charge is 2.62. The molecule has 1 saturated heterocycles. The molecule has 5 atom stereocenters.